The Kier molecular flexibility index (Phi) is 7.41. The van der Waals surface area contributed by atoms with Gasteiger partial charge in [-0.25, -0.2) is 4.98 Å². The number of amides is 1. The van der Waals surface area contributed by atoms with E-state index in [0.717, 1.165) is 40.7 Å². The van der Waals surface area contributed by atoms with Crippen molar-refractivity contribution in [3.05, 3.63) is 72.1 Å². The zero-order chi connectivity index (χ0) is 20.5. The van der Waals surface area contributed by atoms with Crippen molar-refractivity contribution >= 4 is 28.1 Å². The molecule has 5 nitrogen and oxygen atoms in total. The van der Waals surface area contributed by atoms with Crippen LogP contribution in [0.4, 0.5) is 10.8 Å². The molecule has 0 saturated heterocycles. The third kappa shape index (κ3) is 5.93. The number of hydrogen-bond acceptors (Lipinski definition) is 5. The first-order valence-electron chi connectivity index (χ1n) is 9.64. The summed E-state index contributed by atoms with van der Waals surface area (Å²) in [6, 6.07) is 14.9. The van der Waals surface area contributed by atoms with Crippen molar-refractivity contribution in [1.29, 1.82) is 0 Å². The fourth-order valence-corrected chi connectivity index (χ4v) is 3.34. The van der Waals surface area contributed by atoms with E-state index in [2.05, 4.69) is 29.1 Å². The van der Waals surface area contributed by atoms with Gasteiger partial charge in [-0.3, -0.25) is 4.79 Å². The maximum absolute atomic E-state index is 12.5. The highest BCUT2D eigenvalue weighted by atomic mass is 32.1. The van der Waals surface area contributed by atoms with E-state index in [1.165, 1.54) is 0 Å². The highest BCUT2D eigenvalue weighted by Gasteiger charge is 2.08. The number of thiazole rings is 1. The quantitative estimate of drug-likeness (QED) is 0.327. The summed E-state index contributed by atoms with van der Waals surface area (Å²) < 4.78 is 5.63. The Morgan fingerprint density at radius 3 is 2.62 bits per heavy atom. The number of unbranched alkanes of at least 4 members (excludes halogenated alkanes) is 1. The molecular formula is C23H25N3O2S. The van der Waals surface area contributed by atoms with Crippen molar-refractivity contribution in [1.82, 2.24) is 4.98 Å². The summed E-state index contributed by atoms with van der Waals surface area (Å²) in [5.74, 6) is 0.631. The molecule has 0 aliphatic carbocycles. The molecule has 1 amide bonds. The summed E-state index contributed by atoms with van der Waals surface area (Å²) in [6.45, 7) is 7.19. The Balaban J connectivity index is 1.58. The fourth-order valence-electron chi connectivity index (χ4n) is 2.61. The summed E-state index contributed by atoms with van der Waals surface area (Å²) in [6.07, 6.45) is 3.91. The van der Waals surface area contributed by atoms with Crippen molar-refractivity contribution in [2.75, 3.05) is 23.8 Å². The van der Waals surface area contributed by atoms with Crippen LogP contribution in [-0.2, 0) is 0 Å². The molecule has 0 spiro atoms. The van der Waals surface area contributed by atoms with Gasteiger partial charge in [0.25, 0.3) is 5.91 Å². The predicted octanol–water partition coefficient (Wildman–Crippen LogP) is 5.84. The molecule has 2 aromatic carbocycles. The highest BCUT2D eigenvalue weighted by Crippen LogP contribution is 2.26. The molecule has 0 atom stereocenters. The van der Waals surface area contributed by atoms with Crippen LogP contribution in [0.3, 0.4) is 0 Å². The second-order valence-corrected chi connectivity index (χ2v) is 7.32. The maximum Gasteiger partial charge on any atom is 0.255 e. The summed E-state index contributed by atoms with van der Waals surface area (Å²) in [5, 5.41) is 8.97. The molecule has 1 aromatic heterocycles. The van der Waals surface area contributed by atoms with Crippen molar-refractivity contribution in [3.63, 3.8) is 0 Å². The third-order valence-electron chi connectivity index (χ3n) is 4.22. The van der Waals surface area contributed by atoms with Gasteiger partial charge in [-0.05, 0) is 42.8 Å². The largest absolute Gasteiger partial charge is 0.494 e. The number of rotatable bonds is 10. The molecule has 1 heterocycles. The van der Waals surface area contributed by atoms with Crippen LogP contribution in [0, 0.1) is 0 Å². The first-order chi connectivity index (χ1) is 14.2. The number of ether oxygens (including phenoxy) is 1. The van der Waals surface area contributed by atoms with E-state index in [0.29, 0.717) is 18.7 Å². The van der Waals surface area contributed by atoms with Gasteiger partial charge in [-0.2, -0.15) is 0 Å². The topological polar surface area (TPSA) is 63.2 Å². The zero-order valence-corrected chi connectivity index (χ0v) is 17.3. The van der Waals surface area contributed by atoms with Crippen LogP contribution in [0.5, 0.6) is 5.75 Å². The average Bonchev–Trinajstić information content (AvgIpc) is 3.22. The van der Waals surface area contributed by atoms with Crippen LogP contribution in [0.1, 0.15) is 30.1 Å². The zero-order valence-electron chi connectivity index (χ0n) is 16.5. The van der Waals surface area contributed by atoms with Gasteiger partial charge >= 0.3 is 0 Å². The second kappa shape index (κ2) is 10.4. The molecule has 0 aliphatic heterocycles. The smallest absolute Gasteiger partial charge is 0.255 e. The average molecular weight is 408 g/mol. The Morgan fingerprint density at radius 2 is 1.93 bits per heavy atom. The first-order valence-corrected chi connectivity index (χ1v) is 10.5. The lowest BCUT2D eigenvalue weighted by atomic mass is 10.1. The Hall–Kier alpha value is -3.12. The van der Waals surface area contributed by atoms with Crippen molar-refractivity contribution in [2.45, 2.75) is 19.8 Å². The van der Waals surface area contributed by atoms with Crippen LogP contribution in [0.15, 0.2) is 66.6 Å². The van der Waals surface area contributed by atoms with E-state index in [1.54, 1.807) is 29.5 Å². The Morgan fingerprint density at radius 1 is 1.17 bits per heavy atom. The van der Waals surface area contributed by atoms with Crippen LogP contribution in [0.2, 0.25) is 0 Å². The normalized spacial score (nSPS) is 10.4. The number of carbonyl (C=O) groups excluding carboxylic acids is 1. The lowest BCUT2D eigenvalue weighted by Crippen LogP contribution is -2.11. The standard InChI is InChI=1S/C23H25N3O2S/c1-3-5-15-28-20-12-8-18(9-13-20)22(27)25-19-10-6-17(7-11-19)21-16-29-23(26-21)24-14-4-2/h4,6-13,16H,2-3,5,14-15H2,1H3,(H,24,26)(H,25,27). The minimum atomic E-state index is -0.151. The fraction of sp³-hybridized carbons (Fsp3) is 0.217. The molecule has 0 aliphatic rings. The molecule has 3 rings (SSSR count). The third-order valence-corrected chi connectivity index (χ3v) is 5.02. The van der Waals surface area contributed by atoms with E-state index >= 15 is 0 Å². The molecule has 0 radical (unpaired) electrons. The molecule has 29 heavy (non-hydrogen) atoms. The number of hydrogen-bond donors (Lipinski definition) is 2. The minimum Gasteiger partial charge on any atom is -0.494 e. The number of benzene rings is 2. The van der Waals surface area contributed by atoms with Gasteiger partial charge < -0.3 is 15.4 Å². The van der Waals surface area contributed by atoms with Crippen molar-refractivity contribution < 1.29 is 9.53 Å². The molecule has 6 heteroatoms. The molecule has 2 N–H and O–H groups in total. The molecule has 0 fully saturated rings. The van der Waals surface area contributed by atoms with Crippen LogP contribution in [-0.4, -0.2) is 24.0 Å². The SMILES string of the molecule is C=CCNc1nc(-c2ccc(NC(=O)c3ccc(OCCCC)cc3)cc2)cs1. The van der Waals surface area contributed by atoms with Crippen LogP contribution >= 0.6 is 11.3 Å². The van der Waals surface area contributed by atoms with Gasteiger partial charge in [-0.1, -0.05) is 31.6 Å². The van der Waals surface area contributed by atoms with Gasteiger partial charge in [0.1, 0.15) is 5.75 Å². The summed E-state index contributed by atoms with van der Waals surface area (Å²) in [5.41, 5.74) is 3.23. The van der Waals surface area contributed by atoms with E-state index in [-0.39, 0.29) is 5.91 Å². The van der Waals surface area contributed by atoms with E-state index in [4.69, 9.17) is 4.74 Å². The molecular weight excluding hydrogens is 382 g/mol. The molecule has 150 valence electrons. The number of nitrogens with one attached hydrogen (secondary N) is 2. The number of aromatic nitrogens is 1. The molecule has 3 aromatic rings. The summed E-state index contributed by atoms with van der Waals surface area (Å²) >= 11 is 1.55. The van der Waals surface area contributed by atoms with Gasteiger partial charge in [0.2, 0.25) is 0 Å². The van der Waals surface area contributed by atoms with E-state index in [1.807, 2.05) is 41.8 Å². The monoisotopic (exact) mass is 407 g/mol. The molecule has 0 unspecified atom stereocenters. The van der Waals surface area contributed by atoms with Gasteiger partial charge in [0.05, 0.1) is 12.3 Å². The lowest BCUT2D eigenvalue weighted by molar-refractivity contribution is 0.102. The molecule has 0 bridgehead atoms. The number of nitrogens with zero attached hydrogens (tertiary/aromatic N) is 1. The summed E-state index contributed by atoms with van der Waals surface area (Å²) in [7, 11) is 0. The van der Waals surface area contributed by atoms with Crippen LogP contribution in [0.25, 0.3) is 11.3 Å². The number of anilines is 2. The van der Waals surface area contributed by atoms with E-state index < -0.39 is 0 Å². The Labute approximate surface area is 175 Å². The second-order valence-electron chi connectivity index (χ2n) is 6.47. The van der Waals surface area contributed by atoms with Crippen molar-refractivity contribution in [3.8, 4) is 17.0 Å². The minimum absolute atomic E-state index is 0.151. The van der Waals surface area contributed by atoms with E-state index in [9.17, 15) is 4.79 Å². The lowest BCUT2D eigenvalue weighted by Gasteiger charge is -2.08. The highest BCUT2D eigenvalue weighted by molar-refractivity contribution is 7.14. The van der Waals surface area contributed by atoms with Gasteiger partial charge in [-0.15, -0.1) is 17.9 Å². The maximum atomic E-state index is 12.5. The van der Waals surface area contributed by atoms with Gasteiger partial charge in [0, 0.05) is 28.7 Å². The molecule has 0 saturated carbocycles. The van der Waals surface area contributed by atoms with Crippen LogP contribution < -0.4 is 15.4 Å². The predicted molar refractivity (Wildman–Crippen MR) is 121 cm³/mol. The first kappa shape index (κ1) is 20.6. The van der Waals surface area contributed by atoms with Gasteiger partial charge in [0.15, 0.2) is 5.13 Å². The summed E-state index contributed by atoms with van der Waals surface area (Å²) in [4.78, 5) is 17.0. The number of carbonyl (C=O) groups is 1. The van der Waals surface area contributed by atoms with Crippen molar-refractivity contribution in [2.24, 2.45) is 0 Å². The Bertz CT molecular complexity index is 934.